The molecule has 0 saturated heterocycles. The van der Waals surface area contributed by atoms with Crippen LogP contribution < -0.4 is 4.74 Å². The van der Waals surface area contributed by atoms with Crippen molar-refractivity contribution in [3.63, 3.8) is 0 Å². The third-order valence-corrected chi connectivity index (χ3v) is 4.03. The van der Waals surface area contributed by atoms with Crippen molar-refractivity contribution in [1.82, 2.24) is 0 Å². The molecule has 0 fully saturated rings. The van der Waals surface area contributed by atoms with Gasteiger partial charge in [-0.2, -0.15) is 18.4 Å². The van der Waals surface area contributed by atoms with E-state index in [9.17, 15) is 22.0 Å². The van der Waals surface area contributed by atoms with Crippen molar-refractivity contribution in [2.45, 2.75) is 11.9 Å². The maximum Gasteiger partial charge on any atom is 0.389 e. The molecule has 1 atom stereocenters. The minimum Gasteiger partial charge on any atom is -0.457 e. The highest BCUT2D eigenvalue weighted by atomic mass is 79.9. The molecule has 2 rings (SSSR count). The molecule has 3 nitrogen and oxygen atoms in total. The number of halogens is 6. The Bertz CT molecular complexity index is 789. The fraction of sp³-hybridized carbons (Fsp3) is 0.133. The summed E-state index contributed by atoms with van der Waals surface area (Å²) in [6.45, 7) is 0. The zero-order valence-corrected chi connectivity index (χ0v) is 14.7. The Morgan fingerprint density at radius 2 is 1.76 bits per heavy atom. The number of ether oxygens (including phenoxy) is 1. The molecule has 0 aliphatic heterocycles. The second-order valence-corrected chi connectivity index (χ2v) is 6.45. The predicted octanol–water partition coefficient (Wildman–Crippen LogP) is 5.24. The Kier molecular flexibility index (Phi) is 6.15. The maximum atomic E-state index is 13.3. The molecule has 10 heteroatoms. The maximum absolute atomic E-state index is 13.3. The summed E-state index contributed by atoms with van der Waals surface area (Å²) in [7, 11) is -1.91. The van der Waals surface area contributed by atoms with E-state index in [1.54, 1.807) is 6.07 Å². The molecular formula is C15H7BrF5NO2Si. The van der Waals surface area contributed by atoms with Crippen LogP contribution in [0.5, 0.6) is 11.5 Å². The molecule has 2 radical (unpaired) electrons. The van der Waals surface area contributed by atoms with Crippen LogP contribution in [0, 0.1) is 23.0 Å². The van der Waals surface area contributed by atoms with Gasteiger partial charge in [0, 0.05) is 22.7 Å². The number of rotatable bonds is 5. The van der Waals surface area contributed by atoms with E-state index in [0.29, 0.717) is 6.07 Å². The Morgan fingerprint density at radius 3 is 2.32 bits per heavy atom. The zero-order chi connectivity index (χ0) is 18.6. The van der Waals surface area contributed by atoms with Gasteiger partial charge in [-0.3, -0.25) is 0 Å². The predicted molar refractivity (Wildman–Crippen MR) is 81.8 cm³/mol. The average Bonchev–Trinajstić information content (AvgIpc) is 2.48. The molecule has 1 unspecified atom stereocenters. The molecule has 0 N–H and O–H groups in total. The van der Waals surface area contributed by atoms with Gasteiger partial charge in [0.1, 0.15) is 23.1 Å². The standard InChI is InChI=1S/C15H7BrF5NO2Si/c16-11-2-1-3-12(23-10-5-8(17)4-9(18)6-10)14(11)13(7-22)24-25-15(19,20)21/h1-6,13H. The van der Waals surface area contributed by atoms with Gasteiger partial charge in [-0.1, -0.05) is 22.0 Å². The highest BCUT2D eigenvalue weighted by Crippen LogP contribution is 2.37. The Morgan fingerprint density at radius 1 is 1.12 bits per heavy atom. The Hall–Kier alpha value is -1.96. The summed E-state index contributed by atoms with van der Waals surface area (Å²) in [6.07, 6.45) is -1.59. The number of hydrogen-bond acceptors (Lipinski definition) is 3. The van der Waals surface area contributed by atoms with Gasteiger partial charge >= 0.3 is 15.6 Å². The first kappa shape index (κ1) is 19.4. The molecule has 0 aliphatic carbocycles. The van der Waals surface area contributed by atoms with Gasteiger partial charge in [0.2, 0.25) is 0 Å². The highest BCUT2D eigenvalue weighted by Gasteiger charge is 2.34. The van der Waals surface area contributed by atoms with E-state index in [1.807, 2.05) is 0 Å². The van der Waals surface area contributed by atoms with Gasteiger partial charge in [0.05, 0.1) is 11.6 Å². The van der Waals surface area contributed by atoms with E-state index in [1.165, 1.54) is 18.2 Å². The third kappa shape index (κ3) is 5.52. The minimum atomic E-state index is -4.59. The van der Waals surface area contributed by atoms with Gasteiger partial charge < -0.3 is 9.16 Å². The van der Waals surface area contributed by atoms with Crippen molar-refractivity contribution in [2.24, 2.45) is 0 Å². The normalized spacial score (nSPS) is 12.5. The average molecular weight is 436 g/mol. The second-order valence-electron chi connectivity index (χ2n) is 4.59. The first-order valence-corrected chi connectivity index (χ1v) is 8.21. The fourth-order valence-electron chi connectivity index (χ4n) is 1.85. The summed E-state index contributed by atoms with van der Waals surface area (Å²) >= 11 is 3.11. The van der Waals surface area contributed by atoms with Crippen molar-refractivity contribution in [1.29, 1.82) is 5.26 Å². The topological polar surface area (TPSA) is 42.2 Å². The van der Waals surface area contributed by atoms with Crippen molar-refractivity contribution >= 4 is 25.7 Å². The van der Waals surface area contributed by atoms with Crippen molar-refractivity contribution in [2.75, 3.05) is 0 Å². The molecule has 0 saturated carbocycles. The zero-order valence-electron chi connectivity index (χ0n) is 12.1. The van der Waals surface area contributed by atoms with Crippen LogP contribution >= 0.6 is 15.9 Å². The summed E-state index contributed by atoms with van der Waals surface area (Å²) in [5, 5.41) is 9.15. The summed E-state index contributed by atoms with van der Waals surface area (Å²) < 4.78 is 73.8. The van der Waals surface area contributed by atoms with E-state index < -0.39 is 33.3 Å². The summed E-state index contributed by atoms with van der Waals surface area (Å²) in [4.78, 5) is 0. The van der Waals surface area contributed by atoms with Crippen molar-refractivity contribution < 1.29 is 31.1 Å². The van der Waals surface area contributed by atoms with Crippen LogP contribution in [0.25, 0.3) is 0 Å². The monoisotopic (exact) mass is 435 g/mol. The molecule has 2 aromatic carbocycles. The van der Waals surface area contributed by atoms with Gasteiger partial charge in [-0.15, -0.1) is 0 Å². The van der Waals surface area contributed by atoms with E-state index in [4.69, 9.17) is 10.00 Å². The lowest BCUT2D eigenvalue weighted by molar-refractivity contribution is -0.0616. The molecule has 0 bridgehead atoms. The molecule has 0 amide bonds. The smallest absolute Gasteiger partial charge is 0.389 e. The second kappa shape index (κ2) is 7.94. The van der Waals surface area contributed by atoms with Crippen LogP contribution in [0.2, 0.25) is 0 Å². The number of benzene rings is 2. The molecule has 0 aromatic heterocycles. The summed E-state index contributed by atoms with van der Waals surface area (Å²) in [5.41, 5.74) is -0.0218. The first-order valence-electron chi connectivity index (χ1n) is 6.51. The molecule has 0 heterocycles. The molecule has 2 aromatic rings. The number of hydrogen-bond donors (Lipinski definition) is 0. The molecule has 0 aliphatic rings. The largest absolute Gasteiger partial charge is 0.457 e. The van der Waals surface area contributed by atoms with Gasteiger partial charge in [-0.05, 0) is 12.1 Å². The summed E-state index contributed by atoms with van der Waals surface area (Å²) in [5.74, 6) is -6.66. The molecule has 25 heavy (non-hydrogen) atoms. The van der Waals surface area contributed by atoms with Gasteiger partial charge in [0.15, 0.2) is 6.10 Å². The SMILES string of the molecule is N#CC(O[Si]C(F)(F)F)c1c(Br)cccc1Oc1cc(F)cc(F)c1. The van der Waals surface area contributed by atoms with E-state index in [2.05, 4.69) is 20.4 Å². The number of alkyl halides is 3. The first-order chi connectivity index (χ1) is 11.7. The number of nitriles is 1. The van der Waals surface area contributed by atoms with Crippen molar-refractivity contribution in [3.8, 4) is 17.6 Å². The van der Waals surface area contributed by atoms with E-state index in [-0.39, 0.29) is 21.5 Å². The number of nitrogens with zero attached hydrogens (tertiary/aromatic N) is 1. The summed E-state index contributed by atoms with van der Waals surface area (Å²) in [6, 6.07) is 8.34. The van der Waals surface area contributed by atoms with E-state index in [0.717, 1.165) is 12.1 Å². The van der Waals surface area contributed by atoms with Crippen LogP contribution in [-0.2, 0) is 4.43 Å². The Labute approximate surface area is 150 Å². The molecule has 0 spiro atoms. The highest BCUT2D eigenvalue weighted by molar-refractivity contribution is 9.10. The lowest BCUT2D eigenvalue weighted by Crippen LogP contribution is -2.23. The molecular weight excluding hydrogens is 429 g/mol. The van der Waals surface area contributed by atoms with Crippen LogP contribution in [0.1, 0.15) is 11.7 Å². The minimum absolute atomic E-state index is 0.0218. The van der Waals surface area contributed by atoms with Crippen molar-refractivity contribution in [3.05, 3.63) is 58.1 Å². The van der Waals surface area contributed by atoms with Gasteiger partial charge in [0.25, 0.3) is 0 Å². The molecule has 130 valence electrons. The van der Waals surface area contributed by atoms with Crippen LogP contribution in [0.4, 0.5) is 22.0 Å². The lowest BCUT2D eigenvalue weighted by Gasteiger charge is -2.18. The lowest BCUT2D eigenvalue weighted by atomic mass is 10.1. The van der Waals surface area contributed by atoms with Crippen LogP contribution in [-0.4, -0.2) is 15.6 Å². The van der Waals surface area contributed by atoms with Crippen LogP contribution in [0.3, 0.4) is 0 Å². The van der Waals surface area contributed by atoms with Gasteiger partial charge in [-0.25, -0.2) is 8.78 Å². The third-order valence-electron chi connectivity index (χ3n) is 2.75. The fourth-order valence-corrected chi connectivity index (χ4v) is 2.83. The Balaban J connectivity index is 2.36. The quantitative estimate of drug-likeness (QED) is 0.476. The van der Waals surface area contributed by atoms with Crippen LogP contribution in [0.15, 0.2) is 40.9 Å². The van der Waals surface area contributed by atoms with E-state index >= 15 is 0 Å².